The average molecular weight is 479 g/mol. The van der Waals surface area contributed by atoms with Crippen LogP contribution in [0, 0.1) is 17.0 Å². The van der Waals surface area contributed by atoms with E-state index < -0.39 is 4.92 Å². The van der Waals surface area contributed by atoms with E-state index in [1.54, 1.807) is 18.4 Å². The van der Waals surface area contributed by atoms with Crippen molar-refractivity contribution in [2.75, 3.05) is 5.75 Å². The Bertz CT molecular complexity index is 1360. The molecule has 8 nitrogen and oxygen atoms in total. The highest BCUT2D eigenvalue weighted by atomic mass is 32.2. The standard InChI is InChI=1S/C23H18N4O4S2/c1-14-4-6-15(7-5-14)18-12-19(20-3-2-10-31-20)26(25-18)22(28)13-32-23-24-17-9-8-16(27(29)30)11-21(17)33-23/h2-11,19H,12-13H2,1H3/t19-/m1/s1. The number of amides is 1. The van der Waals surface area contributed by atoms with Crippen molar-refractivity contribution in [3.05, 3.63) is 87.9 Å². The highest BCUT2D eigenvalue weighted by Gasteiger charge is 2.34. The van der Waals surface area contributed by atoms with E-state index in [0.29, 0.717) is 26.7 Å². The lowest BCUT2D eigenvalue weighted by molar-refractivity contribution is -0.384. The molecule has 0 unspecified atom stereocenters. The monoisotopic (exact) mass is 478 g/mol. The molecule has 0 bridgehead atoms. The average Bonchev–Trinajstić information content (AvgIpc) is 3.56. The number of thiazole rings is 1. The minimum Gasteiger partial charge on any atom is -0.467 e. The topological polar surface area (TPSA) is 102 Å². The molecule has 1 aliphatic rings. The minimum absolute atomic E-state index is 0.0232. The summed E-state index contributed by atoms with van der Waals surface area (Å²) in [6, 6.07) is 16.0. The van der Waals surface area contributed by atoms with Gasteiger partial charge in [-0.15, -0.1) is 11.3 Å². The van der Waals surface area contributed by atoms with Gasteiger partial charge < -0.3 is 4.42 Å². The zero-order valence-corrected chi connectivity index (χ0v) is 19.1. The number of aromatic nitrogens is 1. The molecule has 3 heterocycles. The third-order valence-corrected chi connectivity index (χ3v) is 7.45. The first-order chi connectivity index (χ1) is 16.0. The molecule has 1 aliphatic heterocycles. The van der Waals surface area contributed by atoms with Crippen LogP contribution in [0.25, 0.3) is 10.2 Å². The van der Waals surface area contributed by atoms with Crippen molar-refractivity contribution in [1.82, 2.24) is 9.99 Å². The highest BCUT2D eigenvalue weighted by Crippen LogP contribution is 2.35. The Morgan fingerprint density at radius 2 is 2.09 bits per heavy atom. The second-order valence-electron chi connectivity index (χ2n) is 7.56. The van der Waals surface area contributed by atoms with E-state index in [2.05, 4.69) is 10.1 Å². The summed E-state index contributed by atoms with van der Waals surface area (Å²) in [5.74, 6) is 0.671. The van der Waals surface area contributed by atoms with Gasteiger partial charge in [-0.1, -0.05) is 41.6 Å². The van der Waals surface area contributed by atoms with Crippen molar-refractivity contribution < 1.29 is 14.1 Å². The summed E-state index contributed by atoms with van der Waals surface area (Å²) in [5.41, 5.74) is 3.67. The van der Waals surface area contributed by atoms with Gasteiger partial charge in [0.2, 0.25) is 0 Å². The van der Waals surface area contributed by atoms with Crippen molar-refractivity contribution in [2.24, 2.45) is 5.10 Å². The van der Waals surface area contributed by atoms with Gasteiger partial charge in [-0.05, 0) is 30.7 Å². The first-order valence-electron chi connectivity index (χ1n) is 10.2. The molecule has 33 heavy (non-hydrogen) atoms. The predicted octanol–water partition coefficient (Wildman–Crippen LogP) is 5.58. The van der Waals surface area contributed by atoms with Crippen LogP contribution in [-0.2, 0) is 4.79 Å². The number of thioether (sulfide) groups is 1. The van der Waals surface area contributed by atoms with Crippen molar-refractivity contribution in [2.45, 2.75) is 23.7 Å². The number of nitro benzene ring substituents is 1. The molecule has 0 aliphatic carbocycles. The fourth-order valence-electron chi connectivity index (χ4n) is 3.62. The van der Waals surface area contributed by atoms with Crippen molar-refractivity contribution in [3.8, 4) is 0 Å². The van der Waals surface area contributed by atoms with Gasteiger partial charge in [0.15, 0.2) is 4.34 Å². The van der Waals surface area contributed by atoms with Crippen LogP contribution in [0.1, 0.15) is 29.3 Å². The number of nitrogens with zero attached hydrogens (tertiary/aromatic N) is 4. The molecule has 5 rings (SSSR count). The van der Waals surface area contributed by atoms with Crippen LogP contribution in [0.4, 0.5) is 5.69 Å². The number of rotatable bonds is 6. The van der Waals surface area contributed by atoms with Gasteiger partial charge in [0.1, 0.15) is 11.8 Å². The summed E-state index contributed by atoms with van der Waals surface area (Å²) in [7, 11) is 0. The zero-order chi connectivity index (χ0) is 22.9. The third kappa shape index (κ3) is 4.39. The van der Waals surface area contributed by atoms with Gasteiger partial charge in [0, 0.05) is 18.6 Å². The summed E-state index contributed by atoms with van der Waals surface area (Å²) >= 11 is 2.63. The Morgan fingerprint density at radius 3 is 2.82 bits per heavy atom. The quantitative estimate of drug-likeness (QED) is 0.204. The molecule has 0 saturated heterocycles. The smallest absolute Gasteiger partial charge is 0.270 e. The van der Waals surface area contributed by atoms with E-state index in [4.69, 9.17) is 4.42 Å². The summed E-state index contributed by atoms with van der Waals surface area (Å²) in [6.07, 6.45) is 2.16. The second kappa shape index (κ2) is 8.80. The predicted molar refractivity (Wildman–Crippen MR) is 128 cm³/mol. The first-order valence-corrected chi connectivity index (χ1v) is 12.0. The van der Waals surface area contributed by atoms with E-state index in [1.807, 2.05) is 37.3 Å². The molecule has 1 amide bonds. The van der Waals surface area contributed by atoms with E-state index in [0.717, 1.165) is 16.8 Å². The minimum atomic E-state index is -0.429. The number of carbonyl (C=O) groups excluding carboxylic acids is 1. The molecule has 4 aromatic rings. The molecule has 0 radical (unpaired) electrons. The van der Waals surface area contributed by atoms with Crippen molar-refractivity contribution in [3.63, 3.8) is 0 Å². The highest BCUT2D eigenvalue weighted by molar-refractivity contribution is 8.01. The number of carbonyl (C=O) groups is 1. The number of nitro groups is 1. The van der Waals surface area contributed by atoms with Crippen LogP contribution < -0.4 is 0 Å². The maximum Gasteiger partial charge on any atom is 0.270 e. The fraction of sp³-hybridized carbons (Fsp3) is 0.174. The Balaban J connectivity index is 1.35. The molecule has 0 fully saturated rings. The molecule has 0 N–H and O–H groups in total. The largest absolute Gasteiger partial charge is 0.467 e. The van der Waals surface area contributed by atoms with Crippen LogP contribution in [0.3, 0.4) is 0 Å². The van der Waals surface area contributed by atoms with Crippen LogP contribution in [0.15, 0.2) is 74.7 Å². The molecule has 0 spiro atoms. The lowest BCUT2D eigenvalue weighted by Crippen LogP contribution is -2.28. The van der Waals surface area contributed by atoms with Gasteiger partial charge in [-0.3, -0.25) is 14.9 Å². The maximum absolute atomic E-state index is 13.2. The Kier molecular flexibility index (Phi) is 5.69. The Morgan fingerprint density at radius 1 is 1.27 bits per heavy atom. The number of non-ortho nitro benzene ring substituents is 1. The van der Waals surface area contributed by atoms with Crippen LogP contribution in [-0.4, -0.2) is 32.3 Å². The number of hydrogen-bond acceptors (Lipinski definition) is 8. The number of hydrazone groups is 1. The summed E-state index contributed by atoms with van der Waals surface area (Å²) in [4.78, 5) is 28.2. The van der Waals surface area contributed by atoms with Crippen LogP contribution >= 0.6 is 23.1 Å². The van der Waals surface area contributed by atoms with Gasteiger partial charge in [-0.25, -0.2) is 9.99 Å². The van der Waals surface area contributed by atoms with E-state index in [1.165, 1.54) is 40.2 Å². The molecule has 2 aromatic carbocycles. The second-order valence-corrected chi connectivity index (χ2v) is 9.82. The Hall–Kier alpha value is -3.50. The molecule has 10 heteroatoms. The number of benzene rings is 2. The summed E-state index contributed by atoms with van der Waals surface area (Å²) in [6.45, 7) is 2.03. The van der Waals surface area contributed by atoms with Gasteiger partial charge in [0.05, 0.1) is 32.9 Å². The van der Waals surface area contributed by atoms with E-state index in [-0.39, 0.29) is 23.4 Å². The number of aryl methyl sites for hydroxylation is 1. The number of hydrogen-bond donors (Lipinski definition) is 0. The SMILES string of the molecule is Cc1ccc(C2=NN(C(=O)CSc3nc4ccc([N+](=O)[O-])cc4s3)[C@@H](c3ccco3)C2)cc1. The Labute approximate surface area is 197 Å². The maximum atomic E-state index is 13.2. The third-order valence-electron chi connectivity index (χ3n) is 5.30. The first kappa shape index (κ1) is 21.4. The van der Waals surface area contributed by atoms with Gasteiger partial charge in [0.25, 0.3) is 11.6 Å². The normalized spacial score (nSPS) is 15.7. The number of fused-ring (bicyclic) bond motifs is 1. The van der Waals surface area contributed by atoms with Crippen LogP contribution in [0.2, 0.25) is 0 Å². The molecular formula is C23H18N4O4S2. The molecular weight excluding hydrogens is 460 g/mol. The zero-order valence-electron chi connectivity index (χ0n) is 17.5. The van der Waals surface area contributed by atoms with E-state index >= 15 is 0 Å². The van der Waals surface area contributed by atoms with Crippen LogP contribution in [0.5, 0.6) is 0 Å². The molecule has 2 aromatic heterocycles. The van der Waals surface area contributed by atoms with Gasteiger partial charge in [-0.2, -0.15) is 5.10 Å². The summed E-state index contributed by atoms with van der Waals surface area (Å²) in [5, 5.41) is 17.1. The van der Waals surface area contributed by atoms with Crippen molar-refractivity contribution >= 4 is 50.6 Å². The molecule has 0 saturated carbocycles. The lowest BCUT2D eigenvalue weighted by Gasteiger charge is -2.19. The molecule has 166 valence electrons. The molecule has 1 atom stereocenters. The van der Waals surface area contributed by atoms with E-state index in [9.17, 15) is 14.9 Å². The number of furan rings is 1. The summed E-state index contributed by atoms with van der Waals surface area (Å²) < 4.78 is 6.99. The lowest BCUT2D eigenvalue weighted by atomic mass is 10.0. The van der Waals surface area contributed by atoms with Gasteiger partial charge >= 0.3 is 0 Å². The van der Waals surface area contributed by atoms with Crippen molar-refractivity contribution in [1.29, 1.82) is 0 Å². The fourth-order valence-corrected chi connectivity index (χ4v) is 5.57.